The van der Waals surface area contributed by atoms with Crippen molar-refractivity contribution < 1.29 is 19.1 Å². The molecule has 0 unspecified atom stereocenters. The summed E-state index contributed by atoms with van der Waals surface area (Å²) in [5, 5.41) is 6.91. The first kappa shape index (κ1) is 22.8. The van der Waals surface area contributed by atoms with Crippen LogP contribution in [-0.2, 0) is 9.59 Å². The number of anilines is 1. The second-order valence-electron chi connectivity index (χ2n) is 6.23. The molecule has 0 spiro atoms. The van der Waals surface area contributed by atoms with Crippen LogP contribution in [0.3, 0.4) is 0 Å². The van der Waals surface area contributed by atoms with Gasteiger partial charge in [-0.25, -0.2) is 5.43 Å². The second-order valence-corrected chi connectivity index (χ2v) is 6.64. The lowest BCUT2D eigenvalue weighted by Gasteiger charge is -2.11. The van der Waals surface area contributed by atoms with Gasteiger partial charge in [0, 0.05) is 18.5 Å². The van der Waals surface area contributed by atoms with Gasteiger partial charge in [-0.05, 0) is 36.8 Å². The molecule has 0 saturated heterocycles. The Kier molecular flexibility index (Phi) is 8.73. The van der Waals surface area contributed by atoms with Crippen molar-refractivity contribution in [3.63, 3.8) is 0 Å². The molecule has 2 aromatic rings. The van der Waals surface area contributed by atoms with Crippen molar-refractivity contribution in [1.82, 2.24) is 5.43 Å². The molecular weight excluding hydrogens is 406 g/mol. The van der Waals surface area contributed by atoms with Crippen molar-refractivity contribution in [1.29, 1.82) is 0 Å². The topological polar surface area (TPSA) is 89.0 Å². The Labute approximate surface area is 180 Å². The molecule has 2 aromatic carbocycles. The molecule has 8 heteroatoms. The lowest BCUT2D eigenvalue weighted by atomic mass is 10.2. The molecule has 2 rings (SSSR count). The molecule has 0 aliphatic heterocycles. The smallest absolute Gasteiger partial charge is 0.240 e. The molecule has 7 nitrogen and oxygen atoms in total. The third kappa shape index (κ3) is 7.15. The molecule has 0 aliphatic rings. The zero-order chi connectivity index (χ0) is 21.9. The first-order valence-electron chi connectivity index (χ1n) is 9.05. The average molecular weight is 428 g/mol. The van der Waals surface area contributed by atoms with Gasteiger partial charge >= 0.3 is 0 Å². The van der Waals surface area contributed by atoms with Crippen LogP contribution >= 0.6 is 11.6 Å². The van der Waals surface area contributed by atoms with E-state index in [1.165, 1.54) is 13.3 Å². The summed E-state index contributed by atoms with van der Waals surface area (Å²) in [6.45, 7) is 2.01. The molecule has 0 saturated carbocycles. The maximum Gasteiger partial charge on any atom is 0.240 e. The number of nitrogens with one attached hydrogen (secondary N) is 2. The number of rotatable bonds is 9. The largest absolute Gasteiger partial charge is 0.493 e. The third-order valence-electron chi connectivity index (χ3n) is 3.87. The maximum absolute atomic E-state index is 11.9. The number of benzene rings is 2. The molecule has 0 radical (unpaired) electrons. The number of methoxy groups -OCH3 is 1. The number of hydrogen-bond donors (Lipinski definition) is 2. The average Bonchev–Trinajstić information content (AvgIpc) is 2.73. The zero-order valence-electron chi connectivity index (χ0n) is 16.7. The van der Waals surface area contributed by atoms with Crippen LogP contribution < -0.4 is 20.2 Å². The molecule has 0 bridgehead atoms. The number of hydrazone groups is 1. The number of carbonyl (C=O) groups is 2. The summed E-state index contributed by atoms with van der Waals surface area (Å²) >= 11 is 6.18. The lowest BCUT2D eigenvalue weighted by Crippen LogP contribution is -2.20. The van der Waals surface area contributed by atoms with Gasteiger partial charge in [-0.15, -0.1) is 6.42 Å². The summed E-state index contributed by atoms with van der Waals surface area (Å²) in [6.07, 6.45) is 6.63. The Morgan fingerprint density at radius 1 is 1.20 bits per heavy atom. The number of amides is 2. The SMILES string of the molecule is C#CCOc1c(Cl)cc(C=NNC(=O)CCC(=O)Nc2ccc(C)cc2)cc1OC. The fourth-order valence-corrected chi connectivity index (χ4v) is 2.66. The van der Waals surface area contributed by atoms with Gasteiger partial charge in [0.1, 0.15) is 6.61 Å². The van der Waals surface area contributed by atoms with Crippen molar-refractivity contribution in [2.45, 2.75) is 19.8 Å². The van der Waals surface area contributed by atoms with Gasteiger partial charge in [0.15, 0.2) is 11.5 Å². The number of terminal acetylenes is 1. The lowest BCUT2D eigenvalue weighted by molar-refractivity contribution is -0.124. The predicted octanol–water partition coefficient (Wildman–Crippen LogP) is 3.54. The number of aryl methyl sites for hydroxylation is 1. The summed E-state index contributed by atoms with van der Waals surface area (Å²) in [4.78, 5) is 23.8. The van der Waals surface area contributed by atoms with E-state index in [-0.39, 0.29) is 25.4 Å². The van der Waals surface area contributed by atoms with E-state index in [2.05, 4.69) is 21.8 Å². The van der Waals surface area contributed by atoms with E-state index in [0.717, 1.165) is 5.56 Å². The molecule has 0 aliphatic carbocycles. The predicted molar refractivity (Wildman–Crippen MR) is 117 cm³/mol. The molecule has 2 N–H and O–H groups in total. The molecule has 0 fully saturated rings. The van der Waals surface area contributed by atoms with Crippen LogP contribution in [0.15, 0.2) is 41.5 Å². The van der Waals surface area contributed by atoms with E-state index in [0.29, 0.717) is 27.8 Å². The van der Waals surface area contributed by atoms with Crippen LogP contribution in [0.2, 0.25) is 5.02 Å². The molecule has 0 atom stereocenters. The van der Waals surface area contributed by atoms with Crippen molar-refractivity contribution in [2.24, 2.45) is 5.10 Å². The minimum absolute atomic E-state index is 0.00201. The summed E-state index contributed by atoms with van der Waals surface area (Å²) < 4.78 is 10.6. The first-order chi connectivity index (χ1) is 14.4. The van der Waals surface area contributed by atoms with Crippen LogP contribution in [-0.4, -0.2) is 31.7 Å². The Morgan fingerprint density at radius 3 is 2.57 bits per heavy atom. The standard InChI is InChI=1S/C22H22ClN3O4/c1-4-11-30-22-18(23)12-16(13-19(22)29-3)14-24-26-21(28)10-9-20(27)25-17-7-5-15(2)6-8-17/h1,5-8,12-14H,9-11H2,2-3H3,(H,25,27)(H,26,28). The Balaban J connectivity index is 1.85. The highest BCUT2D eigenvalue weighted by Gasteiger charge is 2.11. The van der Waals surface area contributed by atoms with Gasteiger partial charge in [-0.1, -0.05) is 35.2 Å². The van der Waals surface area contributed by atoms with E-state index in [9.17, 15) is 9.59 Å². The highest BCUT2D eigenvalue weighted by molar-refractivity contribution is 6.32. The minimum atomic E-state index is -0.391. The van der Waals surface area contributed by atoms with E-state index in [1.54, 1.807) is 24.3 Å². The van der Waals surface area contributed by atoms with Crippen LogP contribution in [0.1, 0.15) is 24.0 Å². The van der Waals surface area contributed by atoms with Crippen molar-refractivity contribution in [2.75, 3.05) is 19.0 Å². The molecule has 0 heterocycles. The fraction of sp³-hybridized carbons (Fsp3) is 0.227. The highest BCUT2D eigenvalue weighted by atomic mass is 35.5. The normalized spacial score (nSPS) is 10.3. The number of ether oxygens (including phenoxy) is 2. The molecule has 2 amide bonds. The van der Waals surface area contributed by atoms with Crippen molar-refractivity contribution in [3.8, 4) is 23.8 Å². The second kappa shape index (κ2) is 11.5. The summed E-state index contributed by atoms with van der Waals surface area (Å²) in [7, 11) is 1.47. The minimum Gasteiger partial charge on any atom is -0.493 e. The van der Waals surface area contributed by atoms with Gasteiger partial charge in [-0.2, -0.15) is 5.10 Å². The van der Waals surface area contributed by atoms with E-state index in [4.69, 9.17) is 27.5 Å². The Bertz CT molecular complexity index is 966. The van der Waals surface area contributed by atoms with Gasteiger partial charge in [0.25, 0.3) is 0 Å². The molecule has 156 valence electrons. The summed E-state index contributed by atoms with van der Waals surface area (Å²) in [6, 6.07) is 10.6. The van der Waals surface area contributed by atoms with Crippen LogP contribution in [0.4, 0.5) is 5.69 Å². The Hall–Kier alpha value is -3.50. The fourth-order valence-electron chi connectivity index (χ4n) is 2.39. The van der Waals surface area contributed by atoms with Crippen LogP contribution in [0.25, 0.3) is 0 Å². The van der Waals surface area contributed by atoms with E-state index < -0.39 is 5.91 Å². The summed E-state index contributed by atoms with van der Waals surface area (Å²) in [5.74, 6) is 2.43. The van der Waals surface area contributed by atoms with Gasteiger partial charge in [-0.3, -0.25) is 9.59 Å². The van der Waals surface area contributed by atoms with Crippen LogP contribution in [0.5, 0.6) is 11.5 Å². The van der Waals surface area contributed by atoms with E-state index >= 15 is 0 Å². The summed E-state index contributed by atoms with van der Waals surface area (Å²) in [5.41, 5.74) is 4.74. The van der Waals surface area contributed by atoms with Crippen LogP contribution in [0, 0.1) is 19.3 Å². The molecular formula is C22H22ClN3O4. The maximum atomic E-state index is 11.9. The Morgan fingerprint density at radius 2 is 1.90 bits per heavy atom. The monoisotopic (exact) mass is 427 g/mol. The molecule has 30 heavy (non-hydrogen) atoms. The van der Waals surface area contributed by atoms with Gasteiger partial charge in [0.05, 0.1) is 18.3 Å². The van der Waals surface area contributed by atoms with Crippen molar-refractivity contribution >= 4 is 35.3 Å². The number of halogens is 1. The third-order valence-corrected chi connectivity index (χ3v) is 4.15. The van der Waals surface area contributed by atoms with Gasteiger partial charge in [0.2, 0.25) is 11.8 Å². The van der Waals surface area contributed by atoms with Gasteiger partial charge < -0.3 is 14.8 Å². The van der Waals surface area contributed by atoms with Crippen molar-refractivity contribution in [3.05, 3.63) is 52.5 Å². The zero-order valence-corrected chi connectivity index (χ0v) is 17.5. The number of carbonyl (C=O) groups excluding carboxylic acids is 2. The number of hydrogen-bond acceptors (Lipinski definition) is 5. The molecule has 0 aromatic heterocycles. The van der Waals surface area contributed by atoms with E-state index in [1.807, 2.05) is 19.1 Å². The quantitative estimate of drug-likeness (QED) is 0.364. The highest BCUT2D eigenvalue weighted by Crippen LogP contribution is 2.35. The number of nitrogens with zero attached hydrogens (tertiary/aromatic N) is 1. The first-order valence-corrected chi connectivity index (χ1v) is 9.43.